The van der Waals surface area contributed by atoms with Gasteiger partial charge in [-0.2, -0.15) is 0 Å². The van der Waals surface area contributed by atoms with Crippen molar-refractivity contribution in [3.8, 4) is 5.75 Å². The lowest BCUT2D eigenvalue weighted by Gasteiger charge is -2.34. The highest BCUT2D eigenvalue weighted by Gasteiger charge is 2.25. The van der Waals surface area contributed by atoms with E-state index in [9.17, 15) is 0 Å². The first-order chi connectivity index (χ1) is 11.2. The summed E-state index contributed by atoms with van der Waals surface area (Å²) in [5, 5.41) is 1.67. The molecule has 3 aromatic rings. The van der Waals surface area contributed by atoms with E-state index in [0.717, 1.165) is 33.8 Å². The first-order valence-electron chi connectivity index (χ1n) is 7.72. The first-order valence-corrected chi connectivity index (χ1v) is 8.10. The third kappa shape index (κ3) is 2.56. The Morgan fingerprint density at radius 1 is 1.17 bits per heavy atom. The quantitative estimate of drug-likeness (QED) is 0.677. The molecule has 0 aliphatic carbocycles. The minimum Gasteiger partial charge on any atom is -0.475 e. The van der Waals surface area contributed by atoms with Gasteiger partial charge >= 0.3 is 0 Å². The lowest BCUT2D eigenvalue weighted by atomic mass is 10.0. The summed E-state index contributed by atoms with van der Waals surface area (Å²) in [5.74, 6) is 0.863. The van der Waals surface area contributed by atoms with Gasteiger partial charge in [-0.1, -0.05) is 41.9 Å². The molecule has 3 nitrogen and oxygen atoms in total. The van der Waals surface area contributed by atoms with Gasteiger partial charge in [-0.15, -0.1) is 0 Å². The van der Waals surface area contributed by atoms with Gasteiger partial charge in [0.1, 0.15) is 12.2 Å². The van der Waals surface area contributed by atoms with Crippen LogP contribution in [0.1, 0.15) is 24.1 Å². The van der Waals surface area contributed by atoms with Crippen LogP contribution in [-0.2, 0) is 6.54 Å². The predicted octanol–water partition coefficient (Wildman–Crippen LogP) is 4.80. The molecule has 4 rings (SSSR count). The van der Waals surface area contributed by atoms with Crippen LogP contribution in [0.15, 0.2) is 54.7 Å². The number of nitrogens with zero attached hydrogens (tertiary/aromatic N) is 2. The molecule has 2 aromatic carbocycles. The van der Waals surface area contributed by atoms with Crippen LogP contribution >= 0.6 is 11.6 Å². The summed E-state index contributed by atoms with van der Waals surface area (Å²) in [7, 11) is 0. The van der Waals surface area contributed by atoms with Crippen molar-refractivity contribution in [2.45, 2.75) is 19.5 Å². The van der Waals surface area contributed by atoms with E-state index < -0.39 is 0 Å². The molecule has 116 valence electrons. The summed E-state index contributed by atoms with van der Waals surface area (Å²) < 4.78 is 6.05. The normalized spacial score (nSPS) is 15.9. The van der Waals surface area contributed by atoms with Gasteiger partial charge in [0.05, 0.1) is 5.02 Å². The molecule has 0 N–H and O–H groups in total. The Labute approximate surface area is 140 Å². The van der Waals surface area contributed by atoms with E-state index in [1.54, 1.807) is 6.20 Å². The number of rotatable bonds is 2. The van der Waals surface area contributed by atoms with Crippen LogP contribution in [0.4, 0.5) is 0 Å². The number of pyridine rings is 1. The molecule has 1 aliphatic heterocycles. The number of halogens is 1. The summed E-state index contributed by atoms with van der Waals surface area (Å²) in [6, 6.07) is 16.6. The highest BCUT2D eigenvalue weighted by atomic mass is 35.5. The van der Waals surface area contributed by atoms with E-state index >= 15 is 0 Å². The van der Waals surface area contributed by atoms with Crippen molar-refractivity contribution in [2.75, 3.05) is 6.73 Å². The fourth-order valence-electron chi connectivity index (χ4n) is 3.11. The van der Waals surface area contributed by atoms with Gasteiger partial charge in [-0.05, 0) is 30.7 Å². The molecule has 0 bridgehead atoms. The van der Waals surface area contributed by atoms with Crippen LogP contribution in [0.2, 0.25) is 5.02 Å². The average molecular weight is 325 g/mol. The van der Waals surface area contributed by atoms with Crippen molar-refractivity contribution in [2.24, 2.45) is 0 Å². The van der Waals surface area contributed by atoms with Gasteiger partial charge in [0, 0.05) is 29.7 Å². The van der Waals surface area contributed by atoms with Gasteiger partial charge in [0.15, 0.2) is 5.75 Å². The molecule has 4 heteroatoms. The van der Waals surface area contributed by atoms with Crippen LogP contribution in [0.5, 0.6) is 5.75 Å². The molecule has 0 radical (unpaired) electrons. The topological polar surface area (TPSA) is 25.4 Å². The van der Waals surface area contributed by atoms with Crippen LogP contribution in [-0.4, -0.2) is 16.6 Å². The summed E-state index contributed by atoms with van der Waals surface area (Å²) in [6.07, 6.45) is 1.78. The molecule has 0 spiro atoms. The number of hydrogen-bond acceptors (Lipinski definition) is 3. The first kappa shape index (κ1) is 14.5. The zero-order chi connectivity index (χ0) is 15.8. The Morgan fingerprint density at radius 3 is 2.83 bits per heavy atom. The Bertz CT molecular complexity index is 851. The molecule has 0 saturated heterocycles. The van der Waals surface area contributed by atoms with Crippen LogP contribution < -0.4 is 4.74 Å². The van der Waals surface area contributed by atoms with E-state index in [1.807, 2.05) is 24.3 Å². The van der Waals surface area contributed by atoms with Crippen molar-refractivity contribution in [1.82, 2.24) is 9.88 Å². The van der Waals surface area contributed by atoms with Gasteiger partial charge < -0.3 is 4.74 Å². The van der Waals surface area contributed by atoms with Crippen molar-refractivity contribution in [1.29, 1.82) is 0 Å². The van der Waals surface area contributed by atoms with Crippen LogP contribution in [0.25, 0.3) is 10.9 Å². The summed E-state index contributed by atoms with van der Waals surface area (Å²) >= 11 is 6.42. The molecular weight excluding hydrogens is 308 g/mol. The second-order valence-electron chi connectivity index (χ2n) is 5.85. The molecule has 23 heavy (non-hydrogen) atoms. The van der Waals surface area contributed by atoms with Crippen molar-refractivity contribution >= 4 is 22.5 Å². The molecular formula is C19H17ClN2O. The Balaban J connectivity index is 1.70. The Hall–Kier alpha value is -2.10. The van der Waals surface area contributed by atoms with Gasteiger partial charge in [0.25, 0.3) is 0 Å². The van der Waals surface area contributed by atoms with E-state index in [-0.39, 0.29) is 6.04 Å². The summed E-state index contributed by atoms with van der Waals surface area (Å²) in [4.78, 5) is 6.75. The molecule has 0 saturated carbocycles. The monoisotopic (exact) mass is 324 g/mol. The average Bonchev–Trinajstić information content (AvgIpc) is 2.61. The minimum absolute atomic E-state index is 0.280. The zero-order valence-corrected chi connectivity index (χ0v) is 13.6. The second-order valence-corrected chi connectivity index (χ2v) is 6.26. The Kier molecular flexibility index (Phi) is 3.68. The predicted molar refractivity (Wildman–Crippen MR) is 92.6 cm³/mol. The fraction of sp³-hybridized carbons (Fsp3) is 0.211. The molecule has 0 amide bonds. The number of hydrogen-bond donors (Lipinski definition) is 0. The largest absolute Gasteiger partial charge is 0.475 e. The molecule has 0 fully saturated rings. The maximum Gasteiger partial charge on any atom is 0.152 e. The number of benzene rings is 2. The van der Waals surface area contributed by atoms with E-state index in [2.05, 4.69) is 41.1 Å². The van der Waals surface area contributed by atoms with Gasteiger partial charge in [-0.3, -0.25) is 9.88 Å². The van der Waals surface area contributed by atoms with E-state index in [4.69, 9.17) is 16.3 Å². The summed E-state index contributed by atoms with van der Waals surface area (Å²) in [6.45, 7) is 3.55. The SMILES string of the molecule is C[C@@H](c1ccccc1)N1COc2c(cc(Cl)c3cccnc23)C1. The highest BCUT2D eigenvalue weighted by Crippen LogP contribution is 2.38. The van der Waals surface area contributed by atoms with Crippen LogP contribution in [0, 0.1) is 0 Å². The number of ether oxygens (including phenoxy) is 1. The lowest BCUT2D eigenvalue weighted by molar-refractivity contribution is 0.0630. The summed E-state index contributed by atoms with van der Waals surface area (Å²) in [5.41, 5.74) is 3.22. The van der Waals surface area contributed by atoms with Crippen LogP contribution in [0.3, 0.4) is 0 Å². The molecule has 0 unspecified atom stereocenters. The van der Waals surface area contributed by atoms with Crippen molar-refractivity contribution < 1.29 is 4.74 Å². The van der Waals surface area contributed by atoms with Gasteiger partial charge in [0.2, 0.25) is 0 Å². The number of aromatic nitrogens is 1. The highest BCUT2D eigenvalue weighted by molar-refractivity contribution is 6.35. The maximum atomic E-state index is 6.42. The van der Waals surface area contributed by atoms with Gasteiger partial charge in [-0.25, -0.2) is 0 Å². The number of fused-ring (bicyclic) bond motifs is 3. The molecule has 1 atom stereocenters. The lowest BCUT2D eigenvalue weighted by Crippen LogP contribution is -2.34. The smallest absolute Gasteiger partial charge is 0.152 e. The van der Waals surface area contributed by atoms with Crippen molar-refractivity contribution in [3.63, 3.8) is 0 Å². The third-order valence-corrected chi connectivity index (χ3v) is 4.76. The molecule has 1 aromatic heterocycles. The molecule has 2 heterocycles. The van der Waals surface area contributed by atoms with E-state index in [0.29, 0.717) is 6.73 Å². The zero-order valence-electron chi connectivity index (χ0n) is 12.9. The van der Waals surface area contributed by atoms with E-state index in [1.165, 1.54) is 5.56 Å². The standard InChI is InChI=1S/C19H17ClN2O/c1-13(14-6-3-2-4-7-14)22-11-15-10-17(20)16-8-5-9-21-18(16)19(15)23-12-22/h2-10,13H,11-12H2,1H3/t13-/m0/s1. The third-order valence-electron chi connectivity index (χ3n) is 4.45. The Morgan fingerprint density at radius 2 is 2.00 bits per heavy atom. The van der Waals surface area contributed by atoms with Crippen molar-refractivity contribution in [3.05, 3.63) is 70.9 Å². The molecule has 1 aliphatic rings. The second kappa shape index (κ2) is 5.84. The minimum atomic E-state index is 0.280. The fourth-order valence-corrected chi connectivity index (χ4v) is 3.39. The maximum absolute atomic E-state index is 6.42.